The molecule has 0 aliphatic rings. The molecule has 0 saturated carbocycles. The van der Waals surface area contributed by atoms with E-state index in [-0.39, 0.29) is 0 Å². The lowest BCUT2D eigenvalue weighted by atomic mass is 10.3. The Morgan fingerprint density at radius 3 is 1.10 bits per heavy atom. The minimum absolute atomic E-state index is 0.324. The Kier molecular flexibility index (Phi) is 25.1. The molecule has 0 aliphatic carbocycles. The lowest BCUT2D eigenvalue weighted by Crippen LogP contribution is -2.15. The maximum Gasteiger partial charge on any atom is 0.404 e. The Hall–Kier alpha value is -1.05. The van der Waals surface area contributed by atoms with E-state index in [1.807, 2.05) is 0 Å². The van der Waals surface area contributed by atoms with E-state index in [1.165, 1.54) is 0 Å². The Balaban J connectivity index is 2.99. The van der Waals surface area contributed by atoms with Crippen LogP contribution in [0.4, 0.5) is 4.79 Å². The second kappa shape index (κ2) is 26.0. The fraction of sp³-hybridized carbons (Fsp3) is 0.947. The van der Waals surface area contributed by atoms with Crippen molar-refractivity contribution in [1.82, 2.24) is 0 Å². The molecule has 11 nitrogen and oxygen atoms in total. The van der Waals surface area contributed by atoms with Gasteiger partial charge < -0.3 is 49.4 Å². The number of unbranched alkanes of at least 4 members (excludes halogenated alkanes) is 1. The van der Waals surface area contributed by atoms with Crippen molar-refractivity contribution in [3.8, 4) is 0 Å². The van der Waals surface area contributed by atoms with Crippen molar-refractivity contribution in [1.29, 1.82) is 0 Å². The molecule has 0 spiro atoms. The van der Waals surface area contributed by atoms with Crippen molar-refractivity contribution >= 4 is 6.09 Å². The van der Waals surface area contributed by atoms with Gasteiger partial charge in [-0.3, -0.25) is 0 Å². The van der Waals surface area contributed by atoms with E-state index >= 15 is 0 Å². The van der Waals surface area contributed by atoms with Gasteiger partial charge in [0.15, 0.2) is 0 Å². The molecule has 0 aromatic heterocycles. The van der Waals surface area contributed by atoms with Gasteiger partial charge in [-0.15, -0.1) is 0 Å². The number of ether oxygens (including phenoxy) is 8. The summed E-state index contributed by atoms with van der Waals surface area (Å²) in [4.78, 5) is 10.4. The number of hydrogen-bond acceptors (Lipinski definition) is 10. The zero-order valence-corrected chi connectivity index (χ0v) is 18.1. The van der Waals surface area contributed by atoms with Crippen LogP contribution < -0.4 is 11.5 Å². The van der Waals surface area contributed by atoms with Gasteiger partial charge in [-0.2, -0.15) is 0 Å². The van der Waals surface area contributed by atoms with Crippen LogP contribution in [0.25, 0.3) is 0 Å². The highest BCUT2D eigenvalue weighted by molar-refractivity contribution is 5.64. The monoisotopic (exact) mass is 440 g/mol. The van der Waals surface area contributed by atoms with Gasteiger partial charge in [0.1, 0.15) is 0 Å². The van der Waals surface area contributed by atoms with Gasteiger partial charge in [0.25, 0.3) is 0 Å². The molecule has 0 saturated heterocycles. The third-order valence-corrected chi connectivity index (χ3v) is 3.42. The predicted molar refractivity (Wildman–Crippen MR) is 110 cm³/mol. The van der Waals surface area contributed by atoms with Crippen LogP contribution in [0.15, 0.2) is 0 Å². The molecule has 0 rings (SSSR count). The van der Waals surface area contributed by atoms with Gasteiger partial charge in [-0.05, 0) is 12.8 Å². The third kappa shape index (κ3) is 27.0. The van der Waals surface area contributed by atoms with Gasteiger partial charge in [0.05, 0.1) is 92.5 Å². The first-order valence-corrected chi connectivity index (χ1v) is 10.4. The summed E-state index contributed by atoms with van der Waals surface area (Å²) in [6.07, 6.45) is 0.789. The van der Waals surface area contributed by atoms with E-state index in [2.05, 4.69) is 4.74 Å². The number of amides is 1. The number of primary amides is 1. The van der Waals surface area contributed by atoms with Crippen molar-refractivity contribution in [3.63, 3.8) is 0 Å². The minimum Gasteiger partial charge on any atom is -0.450 e. The second-order valence-electron chi connectivity index (χ2n) is 5.95. The largest absolute Gasteiger partial charge is 0.450 e. The summed E-state index contributed by atoms with van der Waals surface area (Å²) < 4.78 is 42.1. The zero-order chi connectivity index (χ0) is 22.0. The topological polar surface area (TPSA) is 143 Å². The van der Waals surface area contributed by atoms with Crippen LogP contribution in [0, 0.1) is 0 Å². The van der Waals surface area contributed by atoms with Crippen LogP contribution in [0.2, 0.25) is 0 Å². The van der Waals surface area contributed by atoms with Crippen LogP contribution in [0.1, 0.15) is 12.8 Å². The van der Waals surface area contributed by atoms with Crippen LogP contribution in [0.3, 0.4) is 0 Å². The summed E-state index contributed by atoms with van der Waals surface area (Å²) in [6.45, 7) is 8.29. The van der Waals surface area contributed by atoms with Gasteiger partial charge >= 0.3 is 6.09 Å². The van der Waals surface area contributed by atoms with Gasteiger partial charge in [0.2, 0.25) is 0 Å². The molecule has 0 radical (unpaired) electrons. The third-order valence-electron chi connectivity index (χ3n) is 3.42. The first kappa shape index (κ1) is 28.9. The molecule has 30 heavy (non-hydrogen) atoms. The van der Waals surface area contributed by atoms with Crippen molar-refractivity contribution in [2.24, 2.45) is 11.5 Å². The fourth-order valence-corrected chi connectivity index (χ4v) is 1.98. The molecule has 0 aromatic carbocycles. The number of hydrogen-bond donors (Lipinski definition) is 2. The lowest BCUT2D eigenvalue weighted by molar-refractivity contribution is -0.0204. The Labute approximate surface area is 179 Å². The smallest absolute Gasteiger partial charge is 0.404 e. The highest BCUT2D eigenvalue weighted by Gasteiger charge is 1.96. The molecular formula is C19H40N2O9. The van der Waals surface area contributed by atoms with E-state index in [0.717, 1.165) is 12.8 Å². The summed E-state index contributed by atoms with van der Waals surface area (Å²) in [5, 5.41) is 0. The molecule has 0 bridgehead atoms. The average Bonchev–Trinajstić information content (AvgIpc) is 2.73. The van der Waals surface area contributed by atoms with E-state index in [0.29, 0.717) is 106 Å². The normalized spacial score (nSPS) is 11.1. The maximum atomic E-state index is 10.4. The molecule has 0 aliphatic heterocycles. The number of nitrogens with two attached hydrogens (primary N) is 2. The highest BCUT2D eigenvalue weighted by Crippen LogP contribution is 1.92. The summed E-state index contributed by atoms with van der Waals surface area (Å²) in [5.74, 6) is 0. The predicted octanol–water partition coefficient (Wildman–Crippen LogP) is -0.0632. The number of carbonyl (C=O) groups excluding carboxylic acids is 1. The molecule has 11 heteroatoms. The summed E-state index contributed by atoms with van der Waals surface area (Å²) in [5.41, 5.74) is 10.2. The minimum atomic E-state index is -0.745. The standard InChI is InChI=1S/C19H40N2O9/c20-3-6-24-8-10-26-12-14-28-16-18-29-17-15-27-13-11-25-9-7-23-4-1-2-5-30-19(21)22/h1-18,20H2,(H2,21,22). The van der Waals surface area contributed by atoms with Crippen LogP contribution in [-0.2, 0) is 37.9 Å². The van der Waals surface area contributed by atoms with E-state index < -0.39 is 6.09 Å². The summed E-state index contributed by atoms with van der Waals surface area (Å²) >= 11 is 0. The Morgan fingerprint density at radius 2 is 0.767 bits per heavy atom. The fourth-order valence-electron chi connectivity index (χ4n) is 1.98. The summed E-state index contributed by atoms with van der Waals surface area (Å²) in [7, 11) is 0. The second-order valence-corrected chi connectivity index (χ2v) is 5.95. The van der Waals surface area contributed by atoms with Gasteiger partial charge in [-0.1, -0.05) is 0 Å². The number of carbonyl (C=O) groups is 1. The van der Waals surface area contributed by atoms with E-state index in [4.69, 9.17) is 44.6 Å². The first-order valence-electron chi connectivity index (χ1n) is 10.4. The number of rotatable bonds is 25. The first-order chi connectivity index (χ1) is 14.8. The van der Waals surface area contributed by atoms with Crippen LogP contribution >= 0.6 is 0 Å². The molecule has 0 atom stereocenters. The molecule has 0 fully saturated rings. The van der Waals surface area contributed by atoms with Crippen molar-refractivity contribution in [2.45, 2.75) is 12.8 Å². The van der Waals surface area contributed by atoms with Crippen LogP contribution in [-0.4, -0.2) is 112 Å². The summed E-state index contributed by atoms with van der Waals surface area (Å²) in [6, 6.07) is 0. The molecular weight excluding hydrogens is 400 g/mol. The molecule has 4 N–H and O–H groups in total. The SMILES string of the molecule is NCCOCCOCCOCCOCCOCCOCCOCCCCOC(N)=O. The highest BCUT2D eigenvalue weighted by atomic mass is 16.6. The van der Waals surface area contributed by atoms with Crippen molar-refractivity contribution in [2.75, 3.05) is 106 Å². The Morgan fingerprint density at radius 1 is 0.467 bits per heavy atom. The molecule has 1 amide bonds. The lowest BCUT2D eigenvalue weighted by Gasteiger charge is -2.08. The van der Waals surface area contributed by atoms with Gasteiger partial charge in [0, 0.05) is 13.2 Å². The van der Waals surface area contributed by atoms with Gasteiger partial charge in [-0.25, -0.2) is 4.79 Å². The average molecular weight is 441 g/mol. The van der Waals surface area contributed by atoms with E-state index in [9.17, 15) is 4.79 Å². The van der Waals surface area contributed by atoms with E-state index in [1.54, 1.807) is 0 Å². The van der Waals surface area contributed by atoms with Crippen LogP contribution in [0.5, 0.6) is 0 Å². The Bertz CT molecular complexity index is 352. The maximum absolute atomic E-state index is 10.4. The zero-order valence-electron chi connectivity index (χ0n) is 18.1. The molecule has 0 unspecified atom stereocenters. The molecule has 0 heterocycles. The molecule has 180 valence electrons. The molecule has 0 aromatic rings. The van der Waals surface area contributed by atoms with Crippen molar-refractivity contribution < 1.29 is 42.7 Å². The van der Waals surface area contributed by atoms with Crippen molar-refractivity contribution in [3.05, 3.63) is 0 Å². The quantitative estimate of drug-likeness (QED) is 0.185.